The summed E-state index contributed by atoms with van der Waals surface area (Å²) in [5, 5.41) is 37.1. The molecule has 0 amide bonds. The average Bonchev–Trinajstić information content (AvgIpc) is 3.13. The molecule has 5 aromatic rings. The zero-order chi connectivity index (χ0) is 37.6. The molecule has 1 aromatic heterocycles. The van der Waals surface area contributed by atoms with Gasteiger partial charge in [0.05, 0.1) is 22.1 Å². The van der Waals surface area contributed by atoms with Crippen molar-refractivity contribution in [1.82, 2.24) is 10.3 Å². The molecule has 0 aliphatic rings. The van der Waals surface area contributed by atoms with Gasteiger partial charge in [-0.25, -0.2) is 13.6 Å². The van der Waals surface area contributed by atoms with E-state index >= 15 is 0 Å². The monoisotopic (exact) mass is 740 g/mol. The molecule has 0 aliphatic heterocycles. The van der Waals surface area contributed by atoms with E-state index in [-0.39, 0.29) is 29.7 Å². The number of primary sulfonamides is 1. The lowest BCUT2D eigenvalue weighted by Crippen LogP contribution is -2.52. The predicted molar refractivity (Wildman–Crippen MR) is 197 cm³/mol. The number of aliphatic hydroxyl groups is 1. The number of pyridine rings is 1. The average molecular weight is 741 g/mol. The van der Waals surface area contributed by atoms with E-state index in [0.29, 0.717) is 28.2 Å². The summed E-state index contributed by atoms with van der Waals surface area (Å²) < 4.78 is 35.9. The maximum atomic E-state index is 11.8. The maximum absolute atomic E-state index is 11.8. The minimum Gasteiger partial charge on any atom is -0.488 e. The lowest BCUT2D eigenvalue weighted by atomic mass is 9.89. The second-order valence-corrected chi connectivity index (χ2v) is 14.4. The molecule has 1 heterocycles. The van der Waals surface area contributed by atoms with Crippen molar-refractivity contribution in [2.75, 3.05) is 6.61 Å². The van der Waals surface area contributed by atoms with Crippen molar-refractivity contribution < 1.29 is 32.9 Å². The number of halogens is 1. The van der Waals surface area contributed by atoms with E-state index < -0.39 is 28.1 Å². The summed E-state index contributed by atoms with van der Waals surface area (Å²) in [5.41, 5.74) is 6.65. The Morgan fingerprint density at radius 1 is 0.923 bits per heavy atom. The molecule has 0 saturated heterocycles. The third kappa shape index (κ3) is 8.59. The highest BCUT2D eigenvalue weighted by Gasteiger charge is 2.32. The van der Waals surface area contributed by atoms with E-state index in [1.54, 1.807) is 36.5 Å². The Bertz CT molecular complexity index is 2270. The molecule has 5 N–H and O–H groups in total. The van der Waals surface area contributed by atoms with Crippen molar-refractivity contribution in [3.8, 4) is 39.8 Å². The summed E-state index contributed by atoms with van der Waals surface area (Å²) in [7, 11) is -3.81. The molecule has 0 saturated carbocycles. The summed E-state index contributed by atoms with van der Waals surface area (Å²) in [6.45, 7) is 4.99. The topological polar surface area (TPSA) is 185 Å². The van der Waals surface area contributed by atoms with Crippen LogP contribution in [0.3, 0.4) is 0 Å². The molecule has 0 radical (unpaired) electrons. The molecule has 5 rings (SSSR count). The van der Waals surface area contributed by atoms with Crippen LogP contribution in [0, 0.1) is 25.2 Å². The number of carboxylic acids is 1. The molecule has 1 unspecified atom stereocenters. The molecule has 0 aliphatic carbocycles. The summed E-state index contributed by atoms with van der Waals surface area (Å²) in [4.78, 5) is 15.9. The van der Waals surface area contributed by atoms with E-state index in [9.17, 15) is 28.7 Å². The van der Waals surface area contributed by atoms with Crippen molar-refractivity contribution in [3.63, 3.8) is 0 Å². The summed E-state index contributed by atoms with van der Waals surface area (Å²) in [6.07, 6.45) is 3.03. The lowest BCUT2D eigenvalue weighted by molar-refractivity contribution is -0.145. The van der Waals surface area contributed by atoms with Crippen LogP contribution in [0.1, 0.15) is 40.3 Å². The first-order valence-electron chi connectivity index (χ1n) is 16.1. The third-order valence-corrected chi connectivity index (χ3v) is 10.1. The number of hydrogen-bond acceptors (Lipinski definition) is 9. The molecule has 13 heteroatoms. The minimum atomic E-state index is -3.81. The standard InChI is InChI=1S/C39H37ClN4O7S/c1-24-29(6-4-8-33(24)34-9-5-7-32(25(34)2)28-10-12-31(13-11-28)52(42,48)49)22-51-37-16-36(50-21-27-14-26(17-41)18-43-19-27)30(15-35(37)40)20-44-39(3,23-45)38(46)47/h4-16,18-19,44-45H,20-23H2,1-3H3,(H,46,47)(H2,42,48,49). The number of sulfonamides is 1. The number of benzene rings is 4. The number of nitrogens with two attached hydrogens (primary N) is 1. The largest absolute Gasteiger partial charge is 0.488 e. The smallest absolute Gasteiger partial charge is 0.326 e. The van der Waals surface area contributed by atoms with Crippen molar-refractivity contribution in [3.05, 3.63) is 130 Å². The molecule has 0 bridgehead atoms. The molecular weight excluding hydrogens is 704 g/mol. The number of aliphatic carboxylic acids is 1. The highest BCUT2D eigenvalue weighted by Crippen LogP contribution is 2.37. The van der Waals surface area contributed by atoms with Gasteiger partial charge in [-0.3, -0.25) is 15.1 Å². The molecule has 4 aromatic carbocycles. The second kappa shape index (κ2) is 15.9. The number of aromatic nitrogens is 1. The second-order valence-electron chi connectivity index (χ2n) is 12.4. The Hall–Kier alpha value is -5.29. The van der Waals surface area contributed by atoms with Crippen LogP contribution in [-0.2, 0) is 34.6 Å². The van der Waals surface area contributed by atoms with Crippen LogP contribution in [0.4, 0.5) is 0 Å². The van der Waals surface area contributed by atoms with Gasteiger partial charge in [0, 0.05) is 36.1 Å². The van der Waals surface area contributed by atoms with Gasteiger partial charge in [-0.2, -0.15) is 5.26 Å². The number of aliphatic hydroxyl groups excluding tert-OH is 1. The van der Waals surface area contributed by atoms with Gasteiger partial charge in [-0.15, -0.1) is 0 Å². The Kier molecular flexibility index (Phi) is 11.6. The van der Waals surface area contributed by atoms with Crippen LogP contribution in [-0.4, -0.2) is 41.7 Å². The van der Waals surface area contributed by atoms with Gasteiger partial charge in [0.15, 0.2) is 0 Å². The van der Waals surface area contributed by atoms with Gasteiger partial charge in [0.25, 0.3) is 0 Å². The molecular formula is C39H37ClN4O7S. The van der Waals surface area contributed by atoms with Crippen LogP contribution in [0.2, 0.25) is 5.02 Å². The van der Waals surface area contributed by atoms with Crippen molar-refractivity contribution in [2.24, 2.45) is 5.14 Å². The van der Waals surface area contributed by atoms with Crippen LogP contribution in [0.25, 0.3) is 22.3 Å². The van der Waals surface area contributed by atoms with Gasteiger partial charge in [0.2, 0.25) is 10.0 Å². The highest BCUT2D eigenvalue weighted by molar-refractivity contribution is 7.89. The molecule has 52 heavy (non-hydrogen) atoms. The first-order valence-corrected chi connectivity index (χ1v) is 18.0. The van der Waals surface area contributed by atoms with Crippen molar-refractivity contribution >= 4 is 27.6 Å². The summed E-state index contributed by atoms with van der Waals surface area (Å²) in [6, 6.07) is 25.3. The molecule has 1 atom stereocenters. The van der Waals surface area contributed by atoms with E-state index in [1.807, 2.05) is 50.2 Å². The quantitative estimate of drug-likeness (QED) is 0.101. The summed E-state index contributed by atoms with van der Waals surface area (Å²) >= 11 is 6.71. The van der Waals surface area contributed by atoms with Gasteiger partial charge in [-0.1, -0.05) is 60.1 Å². The fraction of sp³-hybridized carbons (Fsp3) is 0.205. The molecule has 0 fully saturated rings. The Morgan fingerprint density at radius 3 is 2.23 bits per heavy atom. The first kappa shape index (κ1) is 38.0. The van der Waals surface area contributed by atoms with E-state index in [1.165, 1.54) is 25.3 Å². The van der Waals surface area contributed by atoms with E-state index in [0.717, 1.165) is 38.9 Å². The zero-order valence-electron chi connectivity index (χ0n) is 28.7. The number of hydrogen-bond donors (Lipinski definition) is 4. The number of nitriles is 1. The normalized spacial score (nSPS) is 12.5. The SMILES string of the molecule is Cc1c(COc2cc(OCc3cncc(C#N)c3)c(CNC(C)(CO)C(=O)O)cc2Cl)cccc1-c1cccc(-c2ccc(S(N)(=O)=O)cc2)c1C. The van der Waals surface area contributed by atoms with E-state index in [4.69, 9.17) is 26.2 Å². The highest BCUT2D eigenvalue weighted by atomic mass is 35.5. The molecule has 0 spiro atoms. The lowest BCUT2D eigenvalue weighted by Gasteiger charge is -2.25. The van der Waals surface area contributed by atoms with Crippen LogP contribution >= 0.6 is 11.6 Å². The Morgan fingerprint density at radius 2 is 1.58 bits per heavy atom. The fourth-order valence-electron chi connectivity index (χ4n) is 5.59. The summed E-state index contributed by atoms with van der Waals surface area (Å²) in [5.74, 6) is -0.533. The third-order valence-electron chi connectivity index (χ3n) is 8.84. The maximum Gasteiger partial charge on any atom is 0.326 e. The Balaban J connectivity index is 1.42. The van der Waals surface area contributed by atoms with Crippen molar-refractivity contribution in [1.29, 1.82) is 5.26 Å². The van der Waals surface area contributed by atoms with Gasteiger partial charge in [-0.05, 0) is 84.0 Å². The van der Waals surface area contributed by atoms with Gasteiger partial charge >= 0.3 is 5.97 Å². The molecule has 11 nitrogen and oxygen atoms in total. The number of nitrogens with zero attached hydrogens (tertiary/aromatic N) is 2. The van der Waals surface area contributed by atoms with Crippen LogP contribution in [0.5, 0.6) is 11.5 Å². The molecule has 268 valence electrons. The number of ether oxygens (including phenoxy) is 2. The van der Waals surface area contributed by atoms with E-state index in [2.05, 4.69) is 16.4 Å². The number of nitrogens with one attached hydrogen (secondary N) is 1. The van der Waals surface area contributed by atoms with Crippen LogP contribution < -0.4 is 19.9 Å². The first-order chi connectivity index (χ1) is 24.7. The number of carboxylic acid groups (broad SMARTS) is 1. The minimum absolute atomic E-state index is 0.00497. The number of rotatable bonds is 14. The van der Waals surface area contributed by atoms with Gasteiger partial charge in [0.1, 0.15) is 36.3 Å². The predicted octanol–water partition coefficient (Wildman–Crippen LogP) is 6.29. The van der Waals surface area contributed by atoms with Crippen molar-refractivity contribution in [2.45, 2.75) is 51.0 Å². The fourth-order valence-corrected chi connectivity index (χ4v) is 6.34. The van der Waals surface area contributed by atoms with Crippen LogP contribution in [0.15, 0.2) is 96.2 Å². The zero-order valence-corrected chi connectivity index (χ0v) is 30.3. The number of carbonyl (C=O) groups is 1. The Labute approximate surface area is 307 Å². The van der Waals surface area contributed by atoms with Gasteiger partial charge < -0.3 is 19.7 Å².